The Labute approximate surface area is 170 Å². The summed E-state index contributed by atoms with van der Waals surface area (Å²) in [4.78, 5) is 12.2. The van der Waals surface area contributed by atoms with Crippen molar-refractivity contribution in [2.45, 2.75) is 20.0 Å². The highest BCUT2D eigenvalue weighted by Gasteiger charge is 2.15. The van der Waals surface area contributed by atoms with Crippen molar-refractivity contribution >= 4 is 6.03 Å². The number of fused-ring (bicyclic) bond motifs is 1. The van der Waals surface area contributed by atoms with Gasteiger partial charge in [-0.05, 0) is 42.3 Å². The fourth-order valence-electron chi connectivity index (χ4n) is 2.95. The number of urea groups is 1. The predicted octanol–water partition coefficient (Wildman–Crippen LogP) is 2.87. The number of carbonyl (C=O) groups is 1. The van der Waals surface area contributed by atoms with Crippen molar-refractivity contribution in [2.24, 2.45) is 0 Å². The molecule has 0 spiro atoms. The van der Waals surface area contributed by atoms with E-state index in [0.29, 0.717) is 55.9 Å². The first-order valence-corrected chi connectivity index (χ1v) is 9.42. The number of carbonyl (C=O) groups excluding carboxylic acids is 1. The molecule has 0 aliphatic carbocycles. The van der Waals surface area contributed by atoms with E-state index in [-0.39, 0.29) is 6.03 Å². The normalized spacial score (nSPS) is 12.1. The summed E-state index contributed by atoms with van der Waals surface area (Å²) in [5, 5.41) is 5.66. The number of methoxy groups -OCH3 is 2. The van der Waals surface area contributed by atoms with E-state index in [1.807, 2.05) is 37.3 Å². The molecule has 2 N–H and O–H groups in total. The molecule has 2 amide bonds. The van der Waals surface area contributed by atoms with Gasteiger partial charge in [-0.25, -0.2) is 4.79 Å². The molecule has 8 heteroatoms. The Morgan fingerprint density at radius 1 is 0.931 bits per heavy atom. The second-order valence-corrected chi connectivity index (χ2v) is 6.28. The Bertz CT molecular complexity index is 830. The van der Waals surface area contributed by atoms with E-state index in [1.54, 1.807) is 14.2 Å². The standard InChI is InChI=1S/C21H26N2O6/c1-4-27-20-18(25-2)10-15(11-19(20)26-3)13-23-21(24)22-12-14-5-6-16-17(9-14)29-8-7-28-16/h5-6,9-11H,4,7-8,12-13H2,1-3H3,(H2,22,23,24). The zero-order valence-electron chi connectivity index (χ0n) is 16.9. The molecule has 0 aromatic heterocycles. The maximum Gasteiger partial charge on any atom is 0.315 e. The van der Waals surface area contributed by atoms with Crippen LogP contribution in [0.1, 0.15) is 18.1 Å². The average Bonchev–Trinajstić information content (AvgIpc) is 2.76. The lowest BCUT2D eigenvalue weighted by Crippen LogP contribution is -2.34. The van der Waals surface area contributed by atoms with Gasteiger partial charge in [0.2, 0.25) is 5.75 Å². The Balaban J connectivity index is 1.56. The quantitative estimate of drug-likeness (QED) is 0.706. The molecule has 3 rings (SSSR count). The van der Waals surface area contributed by atoms with E-state index in [4.69, 9.17) is 23.7 Å². The number of ether oxygens (including phenoxy) is 5. The van der Waals surface area contributed by atoms with Gasteiger partial charge in [-0.3, -0.25) is 0 Å². The zero-order valence-corrected chi connectivity index (χ0v) is 16.9. The highest BCUT2D eigenvalue weighted by Crippen LogP contribution is 2.38. The molecule has 29 heavy (non-hydrogen) atoms. The van der Waals surface area contributed by atoms with Crippen LogP contribution in [0.5, 0.6) is 28.7 Å². The van der Waals surface area contributed by atoms with Crippen molar-refractivity contribution in [3.8, 4) is 28.7 Å². The van der Waals surface area contributed by atoms with Crippen molar-refractivity contribution in [3.05, 3.63) is 41.5 Å². The molecule has 0 unspecified atom stereocenters. The van der Waals surface area contributed by atoms with Crippen LogP contribution < -0.4 is 34.3 Å². The molecule has 8 nitrogen and oxygen atoms in total. The number of benzene rings is 2. The molecule has 2 aromatic rings. The summed E-state index contributed by atoms with van der Waals surface area (Å²) in [5.41, 5.74) is 1.76. The molecule has 0 saturated heterocycles. The van der Waals surface area contributed by atoms with Gasteiger partial charge in [0.1, 0.15) is 13.2 Å². The van der Waals surface area contributed by atoms with Crippen molar-refractivity contribution < 1.29 is 28.5 Å². The van der Waals surface area contributed by atoms with Crippen LogP contribution >= 0.6 is 0 Å². The van der Waals surface area contributed by atoms with Crippen LogP contribution in [0.3, 0.4) is 0 Å². The second kappa shape index (κ2) is 9.77. The summed E-state index contributed by atoms with van der Waals surface area (Å²) in [6.45, 7) is 4.14. The van der Waals surface area contributed by atoms with Crippen molar-refractivity contribution in [1.29, 1.82) is 0 Å². The number of hydrogen-bond acceptors (Lipinski definition) is 6. The summed E-state index contributed by atoms with van der Waals surface area (Å²) in [7, 11) is 3.13. The van der Waals surface area contributed by atoms with Crippen LogP contribution in [0.2, 0.25) is 0 Å². The van der Waals surface area contributed by atoms with Crippen molar-refractivity contribution in [1.82, 2.24) is 10.6 Å². The maximum absolute atomic E-state index is 12.2. The average molecular weight is 402 g/mol. The third kappa shape index (κ3) is 5.16. The van der Waals surface area contributed by atoms with Crippen molar-refractivity contribution in [2.75, 3.05) is 34.0 Å². The van der Waals surface area contributed by atoms with Gasteiger partial charge >= 0.3 is 6.03 Å². The fourth-order valence-corrected chi connectivity index (χ4v) is 2.95. The first-order valence-electron chi connectivity index (χ1n) is 9.42. The summed E-state index contributed by atoms with van der Waals surface area (Å²) in [5.74, 6) is 3.08. The smallest absolute Gasteiger partial charge is 0.315 e. The maximum atomic E-state index is 12.2. The SMILES string of the molecule is CCOc1c(OC)cc(CNC(=O)NCc2ccc3c(c2)OCCO3)cc1OC. The van der Waals surface area contributed by atoms with Crippen LogP contribution in [0.15, 0.2) is 30.3 Å². The minimum atomic E-state index is -0.285. The van der Waals surface area contributed by atoms with Gasteiger partial charge in [0.15, 0.2) is 23.0 Å². The zero-order chi connectivity index (χ0) is 20.6. The van der Waals surface area contributed by atoms with E-state index in [0.717, 1.165) is 16.9 Å². The molecule has 0 bridgehead atoms. The Morgan fingerprint density at radius 2 is 1.55 bits per heavy atom. The molecule has 0 radical (unpaired) electrons. The van der Waals surface area contributed by atoms with Gasteiger partial charge in [0, 0.05) is 13.1 Å². The molecule has 1 aliphatic rings. The summed E-state index contributed by atoms with van der Waals surface area (Å²) < 4.78 is 27.4. The molecule has 0 fully saturated rings. The van der Waals surface area contributed by atoms with Crippen LogP contribution in [0.4, 0.5) is 4.79 Å². The first-order chi connectivity index (χ1) is 14.1. The van der Waals surface area contributed by atoms with Crippen LogP contribution in [-0.2, 0) is 13.1 Å². The molecule has 0 atom stereocenters. The summed E-state index contributed by atoms with van der Waals surface area (Å²) >= 11 is 0. The molecule has 2 aromatic carbocycles. The van der Waals surface area contributed by atoms with E-state index in [9.17, 15) is 4.79 Å². The van der Waals surface area contributed by atoms with Gasteiger partial charge in [0.05, 0.1) is 20.8 Å². The van der Waals surface area contributed by atoms with Crippen LogP contribution in [-0.4, -0.2) is 40.1 Å². The van der Waals surface area contributed by atoms with Gasteiger partial charge in [-0.1, -0.05) is 6.07 Å². The Kier molecular flexibility index (Phi) is 6.89. The fraction of sp³-hybridized carbons (Fsp3) is 0.381. The number of hydrogen-bond donors (Lipinski definition) is 2. The van der Waals surface area contributed by atoms with E-state index < -0.39 is 0 Å². The molecule has 0 saturated carbocycles. The van der Waals surface area contributed by atoms with E-state index >= 15 is 0 Å². The summed E-state index contributed by atoms with van der Waals surface area (Å²) in [6, 6.07) is 8.96. The number of nitrogens with one attached hydrogen (secondary N) is 2. The third-order valence-corrected chi connectivity index (χ3v) is 4.32. The van der Waals surface area contributed by atoms with Gasteiger partial charge in [-0.2, -0.15) is 0 Å². The largest absolute Gasteiger partial charge is 0.493 e. The second-order valence-electron chi connectivity index (χ2n) is 6.28. The lowest BCUT2D eigenvalue weighted by atomic mass is 10.1. The Hall–Kier alpha value is -3.29. The highest BCUT2D eigenvalue weighted by atomic mass is 16.6. The van der Waals surface area contributed by atoms with E-state index in [2.05, 4.69) is 10.6 Å². The lowest BCUT2D eigenvalue weighted by molar-refractivity contribution is 0.171. The third-order valence-electron chi connectivity index (χ3n) is 4.32. The van der Waals surface area contributed by atoms with Crippen molar-refractivity contribution in [3.63, 3.8) is 0 Å². The molecule has 156 valence electrons. The predicted molar refractivity (Wildman–Crippen MR) is 107 cm³/mol. The molecular weight excluding hydrogens is 376 g/mol. The van der Waals surface area contributed by atoms with Gasteiger partial charge < -0.3 is 34.3 Å². The van der Waals surface area contributed by atoms with Gasteiger partial charge in [0.25, 0.3) is 0 Å². The van der Waals surface area contributed by atoms with Gasteiger partial charge in [-0.15, -0.1) is 0 Å². The number of rotatable bonds is 8. The molecular formula is C21H26N2O6. The monoisotopic (exact) mass is 402 g/mol. The highest BCUT2D eigenvalue weighted by molar-refractivity contribution is 5.74. The van der Waals surface area contributed by atoms with Crippen LogP contribution in [0.25, 0.3) is 0 Å². The van der Waals surface area contributed by atoms with Crippen LogP contribution in [0, 0.1) is 0 Å². The molecule has 1 aliphatic heterocycles. The minimum absolute atomic E-state index is 0.285. The first kappa shape index (κ1) is 20.4. The lowest BCUT2D eigenvalue weighted by Gasteiger charge is -2.19. The number of amides is 2. The minimum Gasteiger partial charge on any atom is -0.493 e. The summed E-state index contributed by atoms with van der Waals surface area (Å²) in [6.07, 6.45) is 0. The molecule has 1 heterocycles. The topological polar surface area (TPSA) is 87.3 Å². The van der Waals surface area contributed by atoms with E-state index in [1.165, 1.54) is 0 Å². The Morgan fingerprint density at radius 3 is 2.17 bits per heavy atom.